The Labute approximate surface area is 189 Å². The number of fused-ring (bicyclic) bond motifs is 1. The highest BCUT2D eigenvalue weighted by Gasteiger charge is 2.54. The molecule has 174 valence electrons. The first-order chi connectivity index (χ1) is 15.2. The molecular weight excluding hydrogens is 408 g/mol. The number of hydrogen-bond donors (Lipinski definition) is 2. The fraction of sp³-hybridized carbons (Fsp3) is 0.640. The quantitative estimate of drug-likeness (QED) is 0.502. The lowest BCUT2D eigenvalue weighted by Gasteiger charge is -2.53. The first-order valence-corrected chi connectivity index (χ1v) is 11.7. The van der Waals surface area contributed by atoms with Gasteiger partial charge in [-0.1, -0.05) is 31.2 Å². The van der Waals surface area contributed by atoms with Gasteiger partial charge in [0, 0.05) is 12.3 Å². The molecule has 7 heteroatoms. The fourth-order valence-corrected chi connectivity index (χ4v) is 6.13. The molecule has 0 spiro atoms. The normalized spacial score (nSPS) is 37.5. The highest BCUT2D eigenvalue weighted by Crippen LogP contribution is 2.55. The van der Waals surface area contributed by atoms with Crippen LogP contribution in [0.4, 0.5) is 0 Å². The van der Waals surface area contributed by atoms with Gasteiger partial charge in [0.1, 0.15) is 19.3 Å². The summed E-state index contributed by atoms with van der Waals surface area (Å²) in [5, 5.41) is 6.37. The number of amides is 1. The first-order valence-electron chi connectivity index (χ1n) is 11.7. The zero-order chi connectivity index (χ0) is 22.9. The molecule has 0 bridgehead atoms. The molecule has 0 aromatic rings. The number of hydrogen-bond acceptors (Lipinski definition) is 6. The predicted molar refractivity (Wildman–Crippen MR) is 119 cm³/mol. The van der Waals surface area contributed by atoms with Crippen LogP contribution in [-0.2, 0) is 23.9 Å². The molecule has 2 N–H and O–H groups in total. The molecule has 2 saturated heterocycles. The van der Waals surface area contributed by atoms with Crippen molar-refractivity contribution in [2.24, 2.45) is 17.3 Å². The van der Waals surface area contributed by atoms with Crippen molar-refractivity contribution in [1.82, 2.24) is 10.6 Å². The van der Waals surface area contributed by atoms with Crippen LogP contribution in [0.1, 0.15) is 52.4 Å². The van der Waals surface area contributed by atoms with Crippen LogP contribution in [0.2, 0.25) is 0 Å². The van der Waals surface area contributed by atoms with Crippen molar-refractivity contribution < 1.29 is 23.9 Å². The fourth-order valence-electron chi connectivity index (χ4n) is 6.13. The number of nitrogens with one attached hydrogen (secondary N) is 2. The molecule has 3 heterocycles. The highest BCUT2D eigenvalue weighted by atomic mass is 16.5. The van der Waals surface area contributed by atoms with E-state index in [0.717, 1.165) is 37.8 Å². The third-order valence-corrected chi connectivity index (χ3v) is 7.87. The average molecular weight is 443 g/mol. The molecule has 0 radical (unpaired) electrons. The number of carbonyl (C=O) groups is 3. The van der Waals surface area contributed by atoms with Gasteiger partial charge >= 0.3 is 11.9 Å². The molecule has 5 atom stereocenters. The minimum Gasteiger partial charge on any atom is -0.462 e. The van der Waals surface area contributed by atoms with E-state index in [9.17, 15) is 14.4 Å². The Morgan fingerprint density at radius 2 is 2.12 bits per heavy atom. The van der Waals surface area contributed by atoms with Crippen molar-refractivity contribution in [2.75, 3.05) is 19.8 Å². The number of ether oxygens (including phenoxy) is 2. The van der Waals surface area contributed by atoms with Gasteiger partial charge in [0.15, 0.2) is 0 Å². The van der Waals surface area contributed by atoms with Gasteiger partial charge in [-0.25, -0.2) is 4.79 Å². The van der Waals surface area contributed by atoms with Crippen LogP contribution in [0.5, 0.6) is 0 Å². The number of carbonyl (C=O) groups excluding carboxylic acids is 3. The third-order valence-electron chi connectivity index (χ3n) is 7.87. The summed E-state index contributed by atoms with van der Waals surface area (Å²) in [4.78, 5) is 37.1. The molecule has 4 rings (SSSR count). The summed E-state index contributed by atoms with van der Waals surface area (Å²) in [6.45, 7) is 9.82. The maximum absolute atomic E-state index is 12.7. The second kappa shape index (κ2) is 8.85. The number of esters is 2. The second-order valence-corrected chi connectivity index (χ2v) is 10.1. The van der Waals surface area contributed by atoms with Crippen LogP contribution in [0.25, 0.3) is 0 Å². The molecule has 0 aromatic carbocycles. The smallest absolute Gasteiger partial charge is 0.338 e. The van der Waals surface area contributed by atoms with Crippen molar-refractivity contribution >= 4 is 17.8 Å². The Kier molecular flexibility index (Phi) is 6.30. The Morgan fingerprint density at radius 3 is 2.81 bits per heavy atom. The summed E-state index contributed by atoms with van der Waals surface area (Å²) in [5.41, 5.74) is 0.735. The first kappa shape index (κ1) is 22.8. The van der Waals surface area contributed by atoms with E-state index < -0.39 is 5.54 Å². The van der Waals surface area contributed by atoms with Crippen molar-refractivity contribution in [3.63, 3.8) is 0 Å². The van der Waals surface area contributed by atoms with E-state index in [2.05, 4.69) is 30.2 Å². The van der Waals surface area contributed by atoms with Gasteiger partial charge in [-0.3, -0.25) is 9.59 Å². The second-order valence-electron chi connectivity index (χ2n) is 10.1. The van der Waals surface area contributed by atoms with Crippen LogP contribution >= 0.6 is 0 Å². The summed E-state index contributed by atoms with van der Waals surface area (Å²) in [6, 6.07) is -0.257. The number of allylic oxidation sites excluding steroid dienone is 2. The molecule has 0 unspecified atom stereocenters. The molecule has 0 aromatic heterocycles. The van der Waals surface area contributed by atoms with Gasteiger partial charge in [0.05, 0.1) is 11.1 Å². The van der Waals surface area contributed by atoms with Crippen molar-refractivity contribution in [3.8, 4) is 0 Å². The Morgan fingerprint density at radius 1 is 1.31 bits per heavy atom. The molecule has 1 saturated carbocycles. The van der Waals surface area contributed by atoms with E-state index >= 15 is 0 Å². The van der Waals surface area contributed by atoms with Gasteiger partial charge in [-0.15, -0.1) is 0 Å². The number of cyclic esters (lactones) is 1. The lowest BCUT2D eigenvalue weighted by atomic mass is 9.53. The van der Waals surface area contributed by atoms with Crippen LogP contribution in [0.3, 0.4) is 0 Å². The Balaban J connectivity index is 1.58. The Bertz CT molecular complexity index is 872. The standard InChI is InChI=1S/C25H34N2O5/c1-16-6-9-20-24(2,18(16)8-7-17-11-14-31-22(17)29)12-10-21(28)27-25(20,3)15-32-23(30)19-5-4-13-26-19/h7-8,11,18-20,26H,1,4-6,9-10,12-15H2,2-3H3,(H,27,28)/b8-7+/t18-,19+,20+,24+,25+/m1/s1. The van der Waals surface area contributed by atoms with Crippen molar-refractivity contribution in [2.45, 2.75) is 64.0 Å². The van der Waals surface area contributed by atoms with Crippen LogP contribution in [0.15, 0.2) is 36.0 Å². The van der Waals surface area contributed by atoms with Crippen molar-refractivity contribution in [1.29, 1.82) is 0 Å². The molecule has 3 aliphatic heterocycles. The van der Waals surface area contributed by atoms with E-state index in [-0.39, 0.29) is 47.7 Å². The number of rotatable bonds is 5. The topological polar surface area (TPSA) is 93.7 Å². The molecule has 3 fully saturated rings. The van der Waals surface area contributed by atoms with E-state index in [4.69, 9.17) is 9.47 Å². The molecule has 1 amide bonds. The van der Waals surface area contributed by atoms with Crippen LogP contribution in [0, 0.1) is 17.3 Å². The van der Waals surface area contributed by atoms with Crippen molar-refractivity contribution in [3.05, 3.63) is 36.0 Å². The summed E-state index contributed by atoms with van der Waals surface area (Å²) >= 11 is 0. The summed E-state index contributed by atoms with van der Waals surface area (Å²) < 4.78 is 10.8. The van der Waals surface area contributed by atoms with Gasteiger partial charge in [0.25, 0.3) is 0 Å². The summed E-state index contributed by atoms with van der Waals surface area (Å²) in [7, 11) is 0. The Hall–Kier alpha value is -2.41. The molecular formula is C25H34N2O5. The van der Waals surface area contributed by atoms with E-state index in [1.54, 1.807) is 6.08 Å². The molecule has 32 heavy (non-hydrogen) atoms. The lowest BCUT2D eigenvalue weighted by molar-refractivity contribution is -0.151. The van der Waals surface area contributed by atoms with Gasteiger partial charge in [-0.05, 0) is 63.0 Å². The van der Waals surface area contributed by atoms with Gasteiger partial charge < -0.3 is 20.1 Å². The van der Waals surface area contributed by atoms with Crippen LogP contribution in [-0.4, -0.2) is 49.2 Å². The maximum atomic E-state index is 12.7. The van der Waals surface area contributed by atoms with Gasteiger partial charge in [0.2, 0.25) is 5.91 Å². The summed E-state index contributed by atoms with van der Waals surface area (Å²) in [6.07, 6.45) is 10.2. The monoisotopic (exact) mass is 442 g/mol. The largest absolute Gasteiger partial charge is 0.462 e. The van der Waals surface area contributed by atoms with Gasteiger partial charge in [-0.2, -0.15) is 0 Å². The average Bonchev–Trinajstić information content (AvgIpc) is 3.41. The van der Waals surface area contributed by atoms with Crippen LogP contribution < -0.4 is 10.6 Å². The zero-order valence-corrected chi connectivity index (χ0v) is 19.1. The van der Waals surface area contributed by atoms with E-state index in [1.807, 2.05) is 13.0 Å². The third kappa shape index (κ3) is 4.27. The minimum absolute atomic E-state index is 0.00905. The zero-order valence-electron chi connectivity index (χ0n) is 19.1. The summed E-state index contributed by atoms with van der Waals surface area (Å²) in [5.74, 6) is -0.467. The van der Waals surface area contributed by atoms with E-state index in [0.29, 0.717) is 25.0 Å². The lowest BCUT2D eigenvalue weighted by Crippen LogP contribution is -2.59. The minimum atomic E-state index is -0.672. The SMILES string of the molecule is C=C1CC[C@H]2[C@@](C)(CCC(=O)N[C@@]2(C)COC(=O)[C@@H]2CCCN2)[C@@H]1/C=C/C1=CCOC1=O. The molecule has 1 aliphatic carbocycles. The maximum Gasteiger partial charge on any atom is 0.338 e. The van der Waals surface area contributed by atoms with E-state index in [1.165, 1.54) is 0 Å². The highest BCUT2D eigenvalue weighted by molar-refractivity contribution is 5.93. The molecule has 4 aliphatic rings. The molecule has 7 nitrogen and oxygen atoms in total. The predicted octanol–water partition coefficient (Wildman–Crippen LogP) is 2.58.